The van der Waals surface area contributed by atoms with Gasteiger partial charge in [0, 0.05) is 28.9 Å². The van der Waals surface area contributed by atoms with Crippen LogP contribution in [0.2, 0.25) is 5.02 Å². The Balaban J connectivity index is 1.47. The van der Waals surface area contributed by atoms with Crippen LogP contribution < -0.4 is 20.3 Å². The number of hydrogen-bond donors (Lipinski definition) is 2. The SMILES string of the molecule is COc1ccc(Cl)cc1NC(=O)NCc1ccc2c(c1)N(C(=O)c1ccccc1)[C@@H](C)C2. The predicted octanol–water partition coefficient (Wildman–Crippen LogP) is 5.26. The Morgan fingerprint density at radius 2 is 1.88 bits per heavy atom. The number of anilines is 2. The molecule has 1 heterocycles. The number of urea groups is 1. The maximum Gasteiger partial charge on any atom is 0.319 e. The van der Waals surface area contributed by atoms with Crippen molar-refractivity contribution < 1.29 is 14.3 Å². The number of fused-ring (bicyclic) bond motifs is 1. The van der Waals surface area contributed by atoms with Gasteiger partial charge in [0.1, 0.15) is 5.75 Å². The first-order valence-corrected chi connectivity index (χ1v) is 10.7. The number of rotatable bonds is 5. The average molecular weight is 450 g/mol. The fourth-order valence-corrected chi connectivity index (χ4v) is 4.09. The lowest BCUT2D eigenvalue weighted by Crippen LogP contribution is -2.35. The zero-order valence-electron chi connectivity index (χ0n) is 17.9. The fourth-order valence-electron chi connectivity index (χ4n) is 3.92. The van der Waals surface area contributed by atoms with E-state index in [4.69, 9.17) is 16.3 Å². The third-order valence-corrected chi connectivity index (χ3v) is 5.70. The summed E-state index contributed by atoms with van der Waals surface area (Å²) in [4.78, 5) is 27.4. The van der Waals surface area contributed by atoms with Gasteiger partial charge in [0.2, 0.25) is 0 Å². The minimum absolute atomic E-state index is 0.0206. The Morgan fingerprint density at radius 1 is 1.09 bits per heavy atom. The van der Waals surface area contributed by atoms with E-state index in [-0.39, 0.29) is 18.0 Å². The van der Waals surface area contributed by atoms with Crippen molar-refractivity contribution in [2.75, 3.05) is 17.3 Å². The van der Waals surface area contributed by atoms with Crippen molar-refractivity contribution in [3.63, 3.8) is 0 Å². The summed E-state index contributed by atoms with van der Waals surface area (Å²) in [6.45, 7) is 2.36. The molecule has 0 aromatic heterocycles. The van der Waals surface area contributed by atoms with Gasteiger partial charge < -0.3 is 20.3 Å². The van der Waals surface area contributed by atoms with Gasteiger partial charge in [-0.15, -0.1) is 0 Å². The van der Waals surface area contributed by atoms with Gasteiger partial charge in [0.25, 0.3) is 5.91 Å². The minimum atomic E-state index is -0.378. The molecule has 164 valence electrons. The molecule has 3 aromatic carbocycles. The van der Waals surface area contributed by atoms with Gasteiger partial charge in [0.15, 0.2) is 0 Å². The molecule has 0 unspecified atom stereocenters. The van der Waals surface area contributed by atoms with Crippen LogP contribution in [0.1, 0.15) is 28.4 Å². The molecule has 1 atom stereocenters. The molecular formula is C25H24ClN3O3. The molecule has 2 N–H and O–H groups in total. The largest absolute Gasteiger partial charge is 0.495 e. The summed E-state index contributed by atoms with van der Waals surface area (Å²) >= 11 is 6.02. The molecule has 1 aliphatic heterocycles. The van der Waals surface area contributed by atoms with E-state index in [1.807, 2.05) is 60.4 Å². The number of carbonyl (C=O) groups is 2. The molecule has 1 aliphatic rings. The van der Waals surface area contributed by atoms with E-state index in [0.29, 0.717) is 28.6 Å². The lowest BCUT2D eigenvalue weighted by molar-refractivity contribution is 0.0981. The Kier molecular flexibility index (Phi) is 6.32. The molecule has 7 heteroatoms. The number of amides is 3. The summed E-state index contributed by atoms with van der Waals surface area (Å²) in [5, 5.41) is 6.10. The second kappa shape index (κ2) is 9.32. The van der Waals surface area contributed by atoms with Crippen LogP contribution in [-0.2, 0) is 13.0 Å². The van der Waals surface area contributed by atoms with Crippen molar-refractivity contribution >= 4 is 34.9 Å². The number of carbonyl (C=O) groups excluding carboxylic acids is 2. The quantitative estimate of drug-likeness (QED) is 0.558. The molecule has 0 aliphatic carbocycles. The number of hydrogen-bond acceptors (Lipinski definition) is 3. The van der Waals surface area contributed by atoms with E-state index >= 15 is 0 Å². The fraction of sp³-hybridized carbons (Fsp3) is 0.200. The maximum atomic E-state index is 13.1. The van der Waals surface area contributed by atoms with Gasteiger partial charge in [-0.3, -0.25) is 4.79 Å². The van der Waals surface area contributed by atoms with E-state index in [2.05, 4.69) is 10.6 Å². The van der Waals surface area contributed by atoms with E-state index < -0.39 is 0 Å². The van der Waals surface area contributed by atoms with Crippen LogP contribution in [0, 0.1) is 0 Å². The van der Waals surface area contributed by atoms with Crippen molar-refractivity contribution in [3.05, 3.63) is 88.4 Å². The summed E-state index contributed by atoms with van der Waals surface area (Å²) in [7, 11) is 1.53. The number of halogens is 1. The summed E-state index contributed by atoms with van der Waals surface area (Å²) in [5.74, 6) is 0.499. The van der Waals surface area contributed by atoms with Crippen LogP contribution in [0.4, 0.5) is 16.2 Å². The number of benzene rings is 3. The van der Waals surface area contributed by atoms with Crippen molar-refractivity contribution in [2.45, 2.75) is 25.9 Å². The van der Waals surface area contributed by atoms with E-state index in [1.165, 1.54) is 7.11 Å². The standard InChI is InChI=1S/C25H24ClN3O3/c1-16-12-19-9-8-17(13-22(19)29(16)24(30)18-6-4-3-5-7-18)15-27-25(31)28-21-14-20(26)10-11-23(21)32-2/h3-11,13-14,16H,12,15H2,1-2H3,(H2,27,28,31)/t16-/m0/s1. The van der Waals surface area contributed by atoms with Crippen molar-refractivity contribution in [1.82, 2.24) is 5.32 Å². The van der Waals surface area contributed by atoms with Crippen LogP contribution in [0.3, 0.4) is 0 Å². The van der Waals surface area contributed by atoms with Crippen LogP contribution >= 0.6 is 11.6 Å². The minimum Gasteiger partial charge on any atom is -0.495 e. The van der Waals surface area contributed by atoms with Crippen molar-refractivity contribution in [1.29, 1.82) is 0 Å². The second-order valence-corrected chi connectivity index (χ2v) is 8.15. The van der Waals surface area contributed by atoms with Gasteiger partial charge in [-0.2, -0.15) is 0 Å². The number of methoxy groups -OCH3 is 1. The number of nitrogens with one attached hydrogen (secondary N) is 2. The zero-order chi connectivity index (χ0) is 22.7. The summed E-state index contributed by atoms with van der Waals surface area (Å²) in [6.07, 6.45) is 0.802. The molecule has 0 saturated carbocycles. The molecule has 0 fully saturated rings. The highest BCUT2D eigenvalue weighted by Crippen LogP contribution is 2.34. The topological polar surface area (TPSA) is 70.7 Å². The normalized spacial score (nSPS) is 14.6. The van der Waals surface area contributed by atoms with Crippen molar-refractivity contribution in [2.24, 2.45) is 0 Å². The highest BCUT2D eigenvalue weighted by Gasteiger charge is 2.31. The summed E-state index contributed by atoms with van der Waals surface area (Å²) in [6, 6.07) is 20.0. The van der Waals surface area contributed by atoms with Crippen LogP contribution in [0.5, 0.6) is 5.75 Å². The molecule has 0 saturated heterocycles. The third-order valence-electron chi connectivity index (χ3n) is 5.47. The first-order chi connectivity index (χ1) is 15.5. The monoisotopic (exact) mass is 449 g/mol. The van der Waals surface area contributed by atoms with Gasteiger partial charge >= 0.3 is 6.03 Å². The molecule has 3 amide bonds. The highest BCUT2D eigenvalue weighted by atomic mass is 35.5. The molecule has 0 radical (unpaired) electrons. The van der Waals surface area contributed by atoms with Crippen LogP contribution in [0.15, 0.2) is 66.7 Å². The zero-order valence-corrected chi connectivity index (χ0v) is 18.6. The number of ether oxygens (including phenoxy) is 1. The first kappa shape index (κ1) is 21.7. The molecule has 3 aromatic rings. The molecule has 32 heavy (non-hydrogen) atoms. The molecule has 4 rings (SSSR count). The van der Waals surface area contributed by atoms with Crippen LogP contribution in [-0.4, -0.2) is 25.1 Å². The summed E-state index contributed by atoms with van der Waals surface area (Å²) < 4.78 is 5.26. The average Bonchev–Trinajstić information content (AvgIpc) is 3.13. The van der Waals surface area contributed by atoms with Crippen LogP contribution in [0.25, 0.3) is 0 Å². The van der Waals surface area contributed by atoms with Gasteiger partial charge in [-0.25, -0.2) is 4.79 Å². The van der Waals surface area contributed by atoms with Gasteiger partial charge in [-0.05, 0) is 60.9 Å². The Bertz CT molecular complexity index is 1150. The maximum absolute atomic E-state index is 13.1. The lowest BCUT2D eigenvalue weighted by Gasteiger charge is -2.23. The summed E-state index contributed by atoms with van der Waals surface area (Å²) in [5.41, 5.74) is 4.06. The Hall–Kier alpha value is -3.51. The van der Waals surface area contributed by atoms with E-state index in [0.717, 1.165) is 23.2 Å². The Labute approximate surface area is 192 Å². The number of nitrogens with zero attached hydrogens (tertiary/aromatic N) is 1. The molecular weight excluding hydrogens is 426 g/mol. The predicted molar refractivity (Wildman–Crippen MR) is 127 cm³/mol. The first-order valence-electron chi connectivity index (χ1n) is 10.3. The van der Waals surface area contributed by atoms with E-state index in [1.54, 1.807) is 18.2 Å². The van der Waals surface area contributed by atoms with Gasteiger partial charge in [-0.1, -0.05) is 41.9 Å². The van der Waals surface area contributed by atoms with Crippen molar-refractivity contribution in [3.8, 4) is 5.75 Å². The van der Waals surface area contributed by atoms with E-state index in [9.17, 15) is 9.59 Å². The Morgan fingerprint density at radius 3 is 2.62 bits per heavy atom. The van der Waals surface area contributed by atoms with Gasteiger partial charge in [0.05, 0.1) is 12.8 Å². The molecule has 6 nitrogen and oxygen atoms in total. The third kappa shape index (κ3) is 4.55. The second-order valence-electron chi connectivity index (χ2n) is 7.71. The molecule has 0 bridgehead atoms. The highest BCUT2D eigenvalue weighted by molar-refractivity contribution is 6.31. The lowest BCUT2D eigenvalue weighted by atomic mass is 10.1. The molecule has 0 spiro atoms. The smallest absolute Gasteiger partial charge is 0.319 e.